The molecule has 0 aliphatic heterocycles. The van der Waals surface area contributed by atoms with E-state index in [1.54, 1.807) is 6.92 Å². The Morgan fingerprint density at radius 3 is 2.56 bits per heavy atom. The maximum absolute atomic E-state index is 11.8. The van der Waals surface area contributed by atoms with E-state index in [2.05, 4.69) is 29.8 Å². The average Bonchev–Trinajstić information content (AvgIpc) is 2.58. The number of carbonyl (C=O) groups is 2. The molecule has 18 heavy (non-hydrogen) atoms. The van der Waals surface area contributed by atoms with Crippen molar-refractivity contribution < 1.29 is 9.59 Å². The summed E-state index contributed by atoms with van der Waals surface area (Å²) in [6.45, 7) is 8.55. The molecule has 1 fully saturated rings. The zero-order valence-corrected chi connectivity index (χ0v) is 11.8. The van der Waals surface area contributed by atoms with E-state index in [4.69, 9.17) is 0 Å². The molecule has 5 nitrogen and oxygen atoms in total. The molecule has 3 amide bonds. The number of amides is 3. The van der Waals surface area contributed by atoms with Gasteiger partial charge in [0, 0.05) is 12.6 Å². The van der Waals surface area contributed by atoms with Crippen LogP contribution in [0.3, 0.4) is 0 Å². The highest BCUT2D eigenvalue weighted by Crippen LogP contribution is 2.37. The van der Waals surface area contributed by atoms with Crippen LogP contribution in [0.15, 0.2) is 0 Å². The lowest BCUT2D eigenvalue weighted by Gasteiger charge is -2.30. The third kappa shape index (κ3) is 3.98. The van der Waals surface area contributed by atoms with Crippen molar-refractivity contribution in [3.8, 4) is 0 Å². The van der Waals surface area contributed by atoms with Gasteiger partial charge >= 0.3 is 6.03 Å². The normalized spacial score (nSPS) is 23.4. The molecular formula is C13H25N3O2. The Morgan fingerprint density at radius 1 is 1.39 bits per heavy atom. The second kappa shape index (κ2) is 6.18. The lowest BCUT2D eigenvalue weighted by Crippen LogP contribution is -2.52. The zero-order valence-electron chi connectivity index (χ0n) is 11.8. The predicted molar refractivity (Wildman–Crippen MR) is 71.2 cm³/mol. The fourth-order valence-corrected chi connectivity index (χ4v) is 2.44. The number of hydrogen-bond donors (Lipinski definition) is 3. The van der Waals surface area contributed by atoms with Gasteiger partial charge in [-0.05, 0) is 32.1 Å². The van der Waals surface area contributed by atoms with Crippen LogP contribution in [0.2, 0.25) is 0 Å². The van der Waals surface area contributed by atoms with Crippen molar-refractivity contribution in [1.29, 1.82) is 0 Å². The minimum atomic E-state index is -0.429. The topological polar surface area (TPSA) is 70.2 Å². The predicted octanol–water partition coefficient (Wildman–Crippen LogP) is 1.39. The molecule has 0 bridgehead atoms. The maximum Gasteiger partial charge on any atom is 0.321 e. The van der Waals surface area contributed by atoms with E-state index in [-0.39, 0.29) is 17.4 Å². The number of nitrogens with one attached hydrogen (secondary N) is 3. The summed E-state index contributed by atoms with van der Waals surface area (Å²) in [6, 6.07) is -0.440. The molecule has 5 heteroatoms. The number of urea groups is 1. The Bertz CT molecular complexity index is 315. The highest BCUT2D eigenvalue weighted by Gasteiger charge is 2.35. The molecule has 3 N–H and O–H groups in total. The van der Waals surface area contributed by atoms with Gasteiger partial charge in [0.2, 0.25) is 5.91 Å². The van der Waals surface area contributed by atoms with Crippen molar-refractivity contribution in [1.82, 2.24) is 16.0 Å². The Labute approximate surface area is 109 Å². The largest absolute Gasteiger partial charge is 0.338 e. The van der Waals surface area contributed by atoms with Crippen LogP contribution < -0.4 is 16.0 Å². The van der Waals surface area contributed by atoms with E-state index in [0.717, 1.165) is 6.42 Å². The van der Waals surface area contributed by atoms with Gasteiger partial charge in [-0.15, -0.1) is 0 Å². The molecule has 0 aromatic carbocycles. The first-order chi connectivity index (χ1) is 8.36. The highest BCUT2D eigenvalue weighted by molar-refractivity contribution is 5.96. The van der Waals surface area contributed by atoms with E-state index in [1.165, 1.54) is 12.8 Å². The van der Waals surface area contributed by atoms with E-state index < -0.39 is 6.03 Å². The minimum absolute atomic E-state index is 0.222. The Hall–Kier alpha value is -1.10. The molecule has 0 saturated heterocycles. The first kappa shape index (κ1) is 15.0. The Morgan fingerprint density at radius 2 is 2.06 bits per heavy atom. The summed E-state index contributed by atoms with van der Waals surface area (Å²) < 4.78 is 0. The maximum atomic E-state index is 11.8. The van der Waals surface area contributed by atoms with Gasteiger partial charge in [-0.2, -0.15) is 0 Å². The van der Waals surface area contributed by atoms with E-state index in [9.17, 15) is 9.59 Å². The summed E-state index contributed by atoms with van der Waals surface area (Å²) in [5, 5.41) is 8.20. The van der Waals surface area contributed by atoms with E-state index in [1.807, 2.05) is 6.92 Å². The van der Waals surface area contributed by atoms with Gasteiger partial charge in [-0.1, -0.05) is 20.3 Å². The van der Waals surface area contributed by atoms with Crippen LogP contribution in [0.5, 0.6) is 0 Å². The molecular weight excluding hydrogens is 230 g/mol. The van der Waals surface area contributed by atoms with Gasteiger partial charge in [0.1, 0.15) is 0 Å². The molecule has 104 valence electrons. The smallest absolute Gasteiger partial charge is 0.321 e. The van der Waals surface area contributed by atoms with Gasteiger partial charge in [0.25, 0.3) is 0 Å². The zero-order chi connectivity index (χ0) is 13.8. The van der Waals surface area contributed by atoms with Crippen LogP contribution in [-0.4, -0.2) is 30.6 Å². The Kier molecular flexibility index (Phi) is 5.14. The summed E-state index contributed by atoms with van der Waals surface area (Å²) in [4.78, 5) is 23.0. The van der Waals surface area contributed by atoms with Crippen LogP contribution in [-0.2, 0) is 4.79 Å². The molecule has 2 unspecified atom stereocenters. The second-order valence-corrected chi connectivity index (χ2v) is 5.67. The molecule has 0 aromatic heterocycles. The van der Waals surface area contributed by atoms with Crippen molar-refractivity contribution in [3.05, 3.63) is 0 Å². The molecule has 1 aliphatic rings. The molecule has 2 atom stereocenters. The van der Waals surface area contributed by atoms with Gasteiger partial charge in [0.15, 0.2) is 0 Å². The average molecular weight is 255 g/mol. The molecule has 0 aromatic rings. The van der Waals surface area contributed by atoms with Gasteiger partial charge in [-0.3, -0.25) is 10.1 Å². The first-order valence-electron chi connectivity index (χ1n) is 6.71. The third-order valence-corrected chi connectivity index (χ3v) is 3.68. The van der Waals surface area contributed by atoms with Crippen LogP contribution in [0.4, 0.5) is 4.79 Å². The van der Waals surface area contributed by atoms with Gasteiger partial charge < -0.3 is 10.6 Å². The SMILES string of the molecule is CCNC(=O)NC(=O)C(C)NC1CCCC1(C)C. The van der Waals surface area contributed by atoms with Crippen LogP contribution in [0.1, 0.15) is 47.0 Å². The second-order valence-electron chi connectivity index (χ2n) is 5.67. The van der Waals surface area contributed by atoms with Crippen molar-refractivity contribution in [2.24, 2.45) is 5.41 Å². The van der Waals surface area contributed by atoms with Crippen LogP contribution in [0.25, 0.3) is 0 Å². The quantitative estimate of drug-likeness (QED) is 0.711. The Balaban J connectivity index is 2.42. The summed E-state index contributed by atoms with van der Waals surface area (Å²) in [5.74, 6) is -0.274. The lowest BCUT2D eigenvalue weighted by molar-refractivity contribution is -0.122. The summed E-state index contributed by atoms with van der Waals surface area (Å²) in [5.41, 5.74) is 0.222. The van der Waals surface area contributed by atoms with Crippen LogP contribution in [0, 0.1) is 5.41 Å². The molecule has 0 heterocycles. The monoisotopic (exact) mass is 255 g/mol. The standard InChI is InChI=1S/C13H25N3O2/c1-5-14-12(18)16-11(17)9(2)15-10-7-6-8-13(10,3)4/h9-10,15H,5-8H2,1-4H3,(H2,14,16,17,18). The molecule has 1 saturated carbocycles. The molecule has 1 aliphatic carbocycles. The molecule has 0 radical (unpaired) electrons. The van der Waals surface area contributed by atoms with Crippen molar-refractivity contribution in [2.45, 2.75) is 59.0 Å². The molecule has 1 rings (SSSR count). The van der Waals surface area contributed by atoms with Crippen molar-refractivity contribution >= 4 is 11.9 Å². The fourth-order valence-electron chi connectivity index (χ4n) is 2.44. The van der Waals surface area contributed by atoms with Crippen LogP contribution >= 0.6 is 0 Å². The van der Waals surface area contributed by atoms with E-state index in [0.29, 0.717) is 12.6 Å². The fraction of sp³-hybridized carbons (Fsp3) is 0.846. The summed E-state index contributed by atoms with van der Waals surface area (Å²) in [7, 11) is 0. The number of rotatable bonds is 4. The number of carbonyl (C=O) groups excluding carboxylic acids is 2. The van der Waals surface area contributed by atoms with Gasteiger partial charge in [0.05, 0.1) is 6.04 Å². The summed E-state index contributed by atoms with van der Waals surface area (Å²) in [6.07, 6.45) is 3.45. The molecule has 0 spiro atoms. The number of hydrogen-bond acceptors (Lipinski definition) is 3. The third-order valence-electron chi connectivity index (χ3n) is 3.68. The van der Waals surface area contributed by atoms with Gasteiger partial charge in [-0.25, -0.2) is 4.79 Å². The van der Waals surface area contributed by atoms with Crippen molar-refractivity contribution in [3.63, 3.8) is 0 Å². The number of imide groups is 1. The first-order valence-corrected chi connectivity index (χ1v) is 6.71. The van der Waals surface area contributed by atoms with E-state index >= 15 is 0 Å². The lowest BCUT2D eigenvalue weighted by atomic mass is 9.87. The summed E-state index contributed by atoms with van der Waals surface area (Å²) >= 11 is 0. The van der Waals surface area contributed by atoms with Crippen molar-refractivity contribution in [2.75, 3.05) is 6.54 Å². The minimum Gasteiger partial charge on any atom is -0.338 e. The highest BCUT2D eigenvalue weighted by atomic mass is 16.2.